The van der Waals surface area contributed by atoms with Crippen molar-refractivity contribution in [1.29, 1.82) is 0 Å². The molecule has 0 spiro atoms. The van der Waals surface area contributed by atoms with E-state index in [1.807, 2.05) is 42.1 Å². The third-order valence-electron chi connectivity index (χ3n) is 1.83. The fourth-order valence-corrected chi connectivity index (χ4v) is 1.20. The first kappa shape index (κ1) is 7.03. The maximum absolute atomic E-state index is 3.90. The number of hydrogen-bond donors (Lipinski definition) is 1. The van der Waals surface area contributed by atoms with Crippen molar-refractivity contribution in [3.63, 3.8) is 0 Å². The summed E-state index contributed by atoms with van der Waals surface area (Å²) in [5, 5.41) is 6.82. The summed E-state index contributed by atoms with van der Waals surface area (Å²) in [6, 6.07) is 8.01. The standard InChI is InChI=1S/C9H9N3/c1-12-7-3-2-4-9(12)8-5-6-10-11-8/h2-7H,1H3/p+1. The molecule has 0 aliphatic rings. The lowest BCUT2D eigenvalue weighted by Gasteiger charge is -1.93. The Morgan fingerprint density at radius 1 is 1.33 bits per heavy atom. The minimum absolute atomic E-state index is 1.04. The van der Waals surface area contributed by atoms with Crippen LogP contribution in [0.3, 0.4) is 0 Å². The molecule has 12 heavy (non-hydrogen) atoms. The van der Waals surface area contributed by atoms with E-state index in [1.165, 1.54) is 0 Å². The van der Waals surface area contributed by atoms with Crippen molar-refractivity contribution in [2.75, 3.05) is 0 Å². The van der Waals surface area contributed by atoms with Crippen molar-refractivity contribution in [1.82, 2.24) is 10.2 Å². The van der Waals surface area contributed by atoms with E-state index in [0.29, 0.717) is 0 Å². The van der Waals surface area contributed by atoms with Crippen LogP contribution in [0.1, 0.15) is 0 Å². The molecular formula is C9H10N3+. The van der Waals surface area contributed by atoms with Gasteiger partial charge in [0.05, 0.1) is 0 Å². The van der Waals surface area contributed by atoms with Gasteiger partial charge in [-0.1, -0.05) is 0 Å². The molecule has 3 heteroatoms. The molecule has 0 aliphatic heterocycles. The zero-order chi connectivity index (χ0) is 8.39. The van der Waals surface area contributed by atoms with Crippen LogP contribution in [-0.4, -0.2) is 10.2 Å². The molecule has 2 aromatic heterocycles. The highest BCUT2D eigenvalue weighted by Gasteiger charge is 2.07. The van der Waals surface area contributed by atoms with Crippen molar-refractivity contribution in [3.05, 3.63) is 36.7 Å². The zero-order valence-electron chi connectivity index (χ0n) is 6.86. The second-order valence-electron chi connectivity index (χ2n) is 2.67. The van der Waals surface area contributed by atoms with Crippen LogP contribution in [0, 0.1) is 0 Å². The topological polar surface area (TPSA) is 32.6 Å². The van der Waals surface area contributed by atoms with Crippen LogP contribution >= 0.6 is 0 Å². The Kier molecular flexibility index (Phi) is 1.63. The van der Waals surface area contributed by atoms with Crippen molar-refractivity contribution in [2.45, 2.75) is 0 Å². The molecule has 0 amide bonds. The summed E-state index contributed by atoms with van der Waals surface area (Å²) in [4.78, 5) is 0. The summed E-state index contributed by atoms with van der Waals surface area (Å²) in [5.41, 5.74) is 2.17. The molecule has 0 unspecified atom stereocenters. The predicted octanol–water partition coefficient (Wildman–Crippen LogP) is 0.901. The molecule has 0 bridgehead atoms. The van der Waals surface area contributed by atoms with Gasteiger partial charge in [0, 0.05) is 18.3 Å². The molecule has 0 aliphatic carbocycles. The smallest absolute Gasteiger partial charge is 0.230 e. The molecule has 0 radical (unpaired) electrons. The summed E-state index contributed by atoms with van der Waals surface area (Å²) in [5.74, 6) is 0. The zero-order valence-corrected chi connectivity index (χ0v) is 6.86. The maximum Gasteiger partial charge on any atom is 0.230 e. The Balaban J connectivity index is 2.55. The third-order valence-corrected chi connectivity index (χ3v) is 1.83. The van der Waals surface area contributed by atoms with Crippen LogP contribution in [0.5, 0.6) is 0 Å². The lowest BCUT2D eigenvalue weighted by atomic mass is 10.3. The van der Waals surface area contributed by atoms with Gasteiger partial charge in [-0.15, -0.1) is 0 Å². The number of aromatic nitrogens is 3. The van der Waals surface area contributed by atoms with Gasteiger partial charge < -0.3 is 0 Å². The highest BCUT2D eigenvalue weighted by Crippen LogP contribution is 2.08. The predicted molar refractivity (Wildman–Crippen MR) is 45.2 cm³/mol. The van der Waals surface area contributed by atoms with Crippen LogP contribution in [-0.2, 0) is 7.05 Å². The van der Waals surface area contributed by atoms with Crippen molar-refractivity contribution < 1.29 is 4.57 Å². The van der Waals surface area contributed by atoms with Crippen LogP contribution in [0.15, 0.2) is 36.7 Å². The van der Waals surface area contributed by atoms with Gasteiger partial charge in [0.25, 0.3) is 0 Å². The molecule has 1 N–H and O–H groups in total. The van der Waals surface area contributed by atoms with Crippen LogP contribution in [0.4, 0.5) is 0 Å². The van der Waals surface area contributed by atoms with Crippen molar-refractivity contribution in [2.24, 2.45) is 7.05 Å². The Morgan fingerprint density at radius 3 is 2.92 bits per heavy atom. The van der Waals surface area contributed by atoms with Crippen LogP contribution < -0.4 is 4.57 Å². The van der Waals surface area contributed by atoms with Gasteiger partial charge in [0.1, 0.15) is 12.7 Å². The third kappa shape index (κ3) is 1.09. The molecule has 2 aromatic rings. The number of H-pyrrole nitrogens is 1. The summed E-state index contributed by atoms with van der Waals surface area (Å²) in [6.07, 6.45) is 3.76. The molecule has 60 valence electrons. The van der Waals surface area contributed by atoms with E-state index < -0.39 is 0 Å². The summed E-state index contributed by atoms with van der Waals surface area (Å²) >= 11 is 0. The van der Waals surface area contributed by atoms with E-state index in [0.717, 1.165) is 11.4 Å². The van der Waals surface area contributed by atoms with E-state index in [1.54, 1.807) is 6.20 Å². The molecule has 0 aromatic carbocycles. The number of hydrogen-bond acceptors (Lipinski definition) is 1. The quantitative estimate of drug-likeness (QED) is 0.618. The maximum atomic E-state index is 3.90. The largest absolute Gasteiger partial charge is 0.272 e. The Morgan fingerprint density at radius 2 is 2.25 bits per heavy atom. The lowest BCUT2D eigenvalue weighted by Crippen LogP contribution is -2.29. The Hall–Kier alpha value is -1.64. The summed E-state index contributed by atoms with van der Waals surface area (Å²) in [6.45, 7) is 0. The van der Waals surface area contributed by atoms with Gasteiger partial charge in [0.2, 0.25) is 5.69 Å². The number of nitrogens with zero attached hydrogens (tertiary/aromatic N) is 2. The first-order chi connectivity index (χ1) is 5.88. The Bertz CT molecular complexity index is 365. The number of aryl methyl sites for hydroxylation is 1. The highest BCUT2D eigenvalue weighted by atomic mass is 15.1. The molecule has 0 fully saturated rings. The van der Waals surface area contributed by atoms with Gasteiger partial charge in [-0.2, -0.15) is 9.67 Å². The van der Waals surface area contributed by atoms with E-state index >= 15 is 0 Å². The van der Waals surface area contributed by atoms with E-state index in [-0.39, 0.29) is 0 Å². The summed E-state index contributed by atoms with van der Waals surface area (Å²) in [7, 11) is 2.01. The van der Waals surface area contributed by atoms with E-state index in [2.05, 4.69) is 10.2 Å². The van der Waals surface area contributed by atoms with Gasteiger partial charge in [-0.25, -0.2) is 0 Å². The number of nitrogens with one attached hydrogen (secondary N) is 1. The Labute approximate surface area is 70.7 Å². The second kappa shape index (κ2) is 2.77. The van der Waals surface area contributed by atoms with Gasteiger partial charge in [-0.05, 0) is 12.1 Å². The molecule has 2 rings (SSSR count). The number of aromatic amines is 1. The first-order valence-electron chi connectivity index (χ1n) is 3.82. The molecule has 0 saturated heterocycles. The van der Waals surface area contributed by atoms with Gasteiger partial charge >= 0.3 is 0 Å². The fraction of sp³-hybridized carbons (Fsp3) is 0.111. The lowest BCUT2D eigenvalue weighted by molar-refractivity contribution is -0.660. The SMILES string of the molecule is C[n+]1ccccc1-c1ccn[nH]1. The second-order valence-corrected chi connectivity index (χ2v) is 2.67. The number of pyridine rings is 1. The van der Waals surface area contributed by atoms with Crippen LogP contribution in [0.25, 0.3) is 11.4 Å². The molecule has 2 heterocycles. The minimum atomic E-state index is 1.04. The minimum Gasteiger partial charge on any atom is -0.272 e. The molecule has 3 nitrogen and oxygen atoms in total. The highest BCUT2D eigenvalue weighted by molar-refractivity contribution is 5.48. The van der Waals surface area contributed by atoms with E-state index in [4.69, 9.17) is 0 Å². The molecular weight excluding hydrogens is 150 g/mol. The monoisotopic (exact) mass is 160 g/mol. The average Bonchev–Trinajstić information content (AvgIpc) is 2.57. The van der Waals surface area contributed by atoms with Gasteiger partial charge in [0.15, 0.2) is 6.20 Å². The first-order valence-corrected chi connectivity index (χ1v) is 3.82. The molecule has 0 saturated carbocycles. The van der Waals surface area contributed by atoms with E-state index in [9.17, 15) is 0 Å². The average molecular weight is 160 g/mol. The van der Waals surface area contributed by atoms with Crippen molar-refractivity contribution in [3.8, 4) is 11.4 Å². The van der Waals surface area contributed by atoms with Crippen LogP contribution in [0.2, 0.25) is 0 Å². The number of rotatable bonds is 1. The fourth-order valence-electron chi connectivity index (χ4n) is 1.20. The molecule has 0 atom stereocenters. The van der Waals surface area contributed by atoms with Crippen molar-refractivity contribution >= 4 is 0 Å². The normalized spacial score (nSPS) is 10.1. The van der Waals surface area contributed by atoms with Gasteiger partial charge in [-0.3, -0.25) is 5.10 Å². The summed E-state index contributed by atoms with van der Waals surface area (Å²) < 4.78 is 2.05.